The first-order chi connectivity index (χ1) is 7.56. The van der Waals surface area contributed by atoms with Gasteiger partial charge in [0.2, 0.25) is 0 Å². The highest BCUT2D eigenvalue weighted by Gasteiger charge is 2.33. The summed E-state index contributed by atoms with van der Waals surface area (Å²) < 4.78 is 1.88. The molecule has 4 nitrogen and oxygen atoms in total. The predicted octanol–water partition coefficient (Wildman–Crippen LogP) is 1.13. The molecule has 0 aliphatic carbocycles. The van der Waals surface area contributed by atoms with Crippen LogP contribution in [-0.4, -0.2) is 33.6 Å². The van der Waals surface area contributed by atoms with Gasteiger partial charge in [0.15, 0.2) is 0 Å². The summed E-state index contributed by atoms with van der Waals surface area (Å²) in [5.74, 6) is 0. The quantitative estimate of drug-likeness (QED) is 0.837. The molecule has 0 aromatic carbocycles. The fraction of sp³-hybridized carbons (Fsp3) is 0.727. The summed E-state index contributed by atoms with van der Waals surface area (Å²) in [4.78, 5) is 0. The van der Waals surface area contributed by atoms with E-state index in [2.05, 4.69) is 10.4 Å². The molecule has 0 radical (unpaired) electrons. The summed E-state index contributed by atoms with van der Waals surface area (Å²) in [7, 11) is 0. The Hall–Kier alpha value is -0.580. The maximum atomic E-state index is 10.3. The number of aliphatic hydroxyl groups is 1. The fourth-order valence-electron chi connectivity index (χ4n) is 2.23. The van der Waals surface area contributed by atoms with Gasteiger partial charge in [0.05, 0.1) is 22.0 Å². The van der Waals surface area contributed by atoms with Crippen molar-refractivity contribution < 1.29 is 5.11 Å². The Kier molecular flexibility index (Phi) is 3.24. The Bertz CT molecular complexity index is 383. The van der Waals surface area contributed by atoms with E-state index in [1.54, 1.807) is 0 Å². The lowest BCUT2D eigenvalue weighted by Crippen LogP contribution is -2.34. The van der Waals surface area contributed by atoms with Crippen molar-refractivity contribution in [1.29, 1.82) is 0 Å². The van der Waals surface area contributed by atoms with Crippen molar-refractivity contribution >= 4 is 11.6 Å². The highest BCUT2D eigenvalue weighted by atomic mass is 35.5. The lowest BCUT2D eigenvalue weighted by Gasteiger charge is -2.21. The summed E-state index contributed by atoms with van der Waals surface area (Å²) in [6.45, 7) is 6.22. The van der Waals surface area contributed by atoms with E-state index in [0.29, 0.717) is 18.0 Å². The molecule has 2 heterocycles. The second kappa shape index (κ2) is 4.35. The average molecular weight is 244 g/mol. The molecule has 0 amide bonds. The van der Waals surface area contributed by atoms with Crippen LogP contribution in [0.2, 0.25) is 5.02 Å². The van der Waals surface area contributed by atoms with Gasteiger partial charge in [-0.15, -0.1) is 0 Å². The van der Waals surface area contributed by atoms with Crippen LogP contribution in [-0.2, 0) is 13.0 Å². The first kappa shape index (κ1) is 11.9. The van der Waals surface area contributed by atoms with E-state index < -0.39 is 5.60 Å². The summed E-state index contributed by atoms with van der Waals surface area (Å²) in [5.41, 5.74) is 1.13. The van der Waals surface area contributed by atoms with Gasteiger partial charge in [0.25, 0.3) is 0 Å². The largest absolute Gasteiger partial charge is 0.388 e. The number of rotatable bonds is 3. The molecule has 2 N–H and O–H groups in total. The molecule has 5 heteroatoms. The highest BCUT2D eigenvalue weighted by molar-refractivity contribution is 6.31. The molecule has 16 heavy (non-hydrogen) atoms. The molecule has 1 aliphatic heterocycles. The van der Waals surface area contributed by atoms with Crippen molar-refractivity contribution in [2.45, 2.75) is 38.8 Å². The van der Waals surface area contributed by atoms with Crippen molar-refractivity contribution in [3.8, 4) is 0 Å². The summed E-state index contributed by atoms with van der Waals surface area (Å²) in [5, 5.41) is 18.6. The Labute approximate surface area is 101 Å². The van der Waals surface area contributed by atoms with Gasteiger partial charge in [-0.2, -0.15) is 5.10 Å². The standard InChI is InChI=1S/C11H18ClN3O/c1-3-15-9(10(12)8(2)14-15)6-11(16)4-5-13-7-11/h13,16H,3-7H2,1-2H3. The average Bonchev–Trinajstić information content (AvgIpc) is 2.78. The number of nitrogens with one attached hydrogen (secondary N) is 1. The maximum Gasteiger partial charge on any atom is 0.0848 e. The van der Waals surface area contributed by atoms with Crippen molar-refractivity contribution in [3.63, 3.8) is 0 Å². The van der Waals surface area contributed by atoms with Crippen LogP contribution in [0.15, 0.2) is 0 Å². The zero-order valence-electron chi connectivity index (χ0n) is 9.76. The Morgan fingerprint density at radius 2 is 2.38 bits per heavy atom. The molecule has 1 atom stereocenters. The molecule has 90 valence electrons. The van der Waals surface area contributed by atoms with Gasteiger partial charge in [0, 0.05) is 19.5 Å². The molecule has 1 unspecified atom stereocenters. The summed E-state index contributed by atoms with van der Waals surface area (Å²) >= 11 is 6.22. The number of aryl methyl sites for hydroxylation is 2. The molecule has 1 fully saturated rings. The van der Waals surface area contributed by atoms with E-state index in [9.17, 15) is 5.11 Å². The van der Waals surface area contributed by atoms with Crippen LogP contribution >= 0.6 is 11.6 Å². The molecular weight excluding hydrogens is 226 g/mol. The monoisotopic (exact) mass is 243 g/mol. The number of β-amino-alcohol motifs (C(OH)–C–C–N with tert-alkyl or cyclic N) is 1. The van der Waals surface area contributed by atoms with Crippen molar-refractivity contribution in [2.24, 2.45) is 0 Å². The van der Waals surface area contributed by atoms with Crippen LogP contribution in [0.25, 0.3) is 0 Å². The minimum Gasteiger partial charge on any atom is -0.388 e. The Balaban J connectivity index is 2.26. The lowest BCUT2D eigenvalue weighted by atomic mass is 9.96. The van der Waals surface area contributed by atoms with Gasteiger partial charge in [-0.3, -0.25) is 4.68 Å². The lowest BCUT2D eigenvalue weighted by molar-refractivity contribution is 0.0597. The second-order valence-electron chi connectivity index (χ2n) is 4.49. The Morgan fingerprint density at radius 3 is 2.94 bits per heavy atom. The van der Waals surface area contributed by atoms with Crippen LogP contribution in [0.5, 0.6) is 0 Å². The van der Waals surface area contributed by atoms with Crippen molar-refractivity contribution in [2.75, 3.05) is 13.1 Å². The van der Waals surface area contributed by atoms with Crippen LogP contribution in [0.3, 0.4) is 0 Å². The number of hydrogen-bond acceptors (Lipinski definition) is 3. The van der Waals surface area contributed by atoms with Gasteiger partial charge >= 0.3 is 0 Å². The minimum atomic E-state index is -0.664. The van der Waals surface area contributed by atoms with E-state index >= 15 is 0 Å². The van der Waals surface area contributed by atoms with Crippen LogP contribution in [0.1, 0.15) is 24.7 Å². The normalized spacial score (nSPS) is 25.2. The van der Waals surface area contributed by atoms with E-state index in [4.69, 9.17) is 11.6 Å². The van der Waals surface area contributed by atoms with E-state index in [1.807, 2.05) is 18.5 Å². The van der Waals surface area contributed by atoms with Gasteiger partial charge in [-0.05, 0) is 26.8 Å². The smallest absolute Gasteiger partial charge is 0.0848 e. The number of halogens is 1. The van der Waals surface area contributed by atoms with Gasteiger partial charge < -0.3 is 10.4 Å². The molecule has 1 aromatic heterocycles. The van der Waals surface area contributed by atoms with Crippen molar-refractivity contribution in [1.82, 2.24) is 15.1 Å². The highest BCUT2D eigenvalue weighted by Crippen LogP contribution is 2.27. The molecule has 0 bridgehead atoms. The fourth-order valence-corrected chi connectivity index (χ4v) is 2.43. The molecule has 0 saturated carbocycles. The zero-order valence-corrected chi connectivity index (χ0v) is 10.5. The number of aromatic nitrogens is 2. The molecule has 1 aromatic rings. The van der Waals surface area contributed by atoms with Gasteiger partial charge in [0.1, 0.15) is 0 Å². The van der Waals surface area contributed by atoms with Gasteiger partial charge in [-0.1, -0.05) is 11.6 Å². The van der Waals surface area contributed by atoms with E-state index in [0.717, 1.165) is 30.9 Å². The predicted molar refractivity (Wildman–Crippen MR) is 63.8 cm³/mol. The third-order valence-electron chi connectivity index (χ3n) is 3.17. The van der Waals surface area contributed by atoms with Crippen molar-refractivity contribution in [3.05, 3.63) is 16.4 Å². The van der Waals surface area contributed by atoms with Gasteiger partial charge in [-0.25, -0.2) is 0 Å². The third-order valence-corrected chi connectivity index (χ3v) is 3.66. The minimum absolute atomic E-state index is 0.577. The van der Waals surface area contributed by atoms with Crippen LogP contribution in [0.4, 0.5) is 0 Å². The van der Waals surface area contributed by atoms with E-state index in [1.165, 1.54) is 0 Å². The van der Waals surface area contributed by atoms with Crippen LogP contribution < -0.4 is 5.32 Å². The second-order valence-corrected chi connectivity index (χ2v) is 4.87. The summed E-state index contributed by atoms with van der Waals surface area (Å²) in [6, 6.07) is 0. The molecule has 1 aliphatic rings. The van der Waals surface area contributed by atoms with Crippen LogP contribution in [0, 0.1) is 6.92 Å². The molecule has 0 spiro atoms. The molecule has 1 saturated heterocycles. The molecule has 2 rings (SSSR count). The van der Waals surface area contributed by atoms with E-state index in [-0.39, 0.29) is 0 Å². The number of hydrogen-bond donors (Lipinski definition) is 2. The zero-order chi connectivity index (χ0) is 11.8. The molecular formula is C11H18ClN3O. The summed E-state index contributed by atoms with van der Waals surface area (Å²) in [6.07, 6.45) is 1.35. The maximum absolute atomic E-state index is 10.3. The third kappa shape index (κ3) is 2.10. The Morgan fingerprint density at radius 1 is 1.62 bits per heavy atom. The SMILES string of the molecule is CCn1nc(C)c(Cl)c1CC1(O)CCNC1. The topological polar surface area (TPSA) is 50.1 Å². The first-order valence-corrected chi connectivity index (χ1v) is 6.08. The first-order valence-electron chi connectivity index (χ1n) is 5.70. The number of nitrogens with zero attached hydrogens (tertiary/aromatic N) is 2.